The number of hydrogen-bond acceptors (Lipinski definition) is 3. The van der Waals surface area contributed by atoms with Crippen LogP contribution in [0, 0.1) is 11.3 Å². The van der Waals surface area contributed by atoms with Crippen molar-refractivity contribution in [3.8, 4) is 0 Å². The van der Waals surface area contributed by atoms with Gasteiger partial charge in [-0.2, -0.15) is 0 Å². The number of nitrogens with zero attached hydrogens (tertiary/aromatic N) is 1. The van der Waals surface area contributed by atoms with E-state index < -0.39 is 0 Å². The van der Waals surface area contributed by atoms with Gasteiger partial charge in [-0.1, -0.05) is 20.8 Å². The van der Waals surface area contributed by atoms with Gasteiger partial charge >= 0.3 is 0 Å². The van der Waals surface area contributed by atoms with E-state index in [1.807, 2.05) is 19.0 Å². The molecule has 1 heterocycles. The van der Waals surface area contributed by atoms with E-state index in [-0.39, 0.29) is 29.3 Å². The maximum atomic E-state index is 12.4. The molecule has 1 fully saturated rings. The average molecular weight is 242 g/mol. The Bertz CT molecular complexity index is 273. The Kier molecular flexibility index (Phi) is 4.55. The van der Waals surface area contributed by atoms with E-state index >= 15 is 0 Å². The van der Waals surface area contributed by atoms with Crippen LogP contribution in [0.3, 0.4) is 0 Å². The SMILES string of the molecule is CNC1COCC1C(=O)N(C)C(C)C(C)(C)C. The second kappa shape index (κ2) is 5.36. The molecule has 0 saturated carbocycles. The molecule has 0 aromatic carbocycles. The molecular formula is C13H26N2O2. The van der Waals surface area contributed by atoms with Gasteiger partial charge in [0.15, 0.2) is 0 Å². The summed E-state index contributed by atoms with van der Waals surface area (Å²) in [6, 6.07) is 0.366. The number of carbonyl (C=O) groups is 1. The zero-order valence-electron chi connectivity index (χ0n) is 11.9. The molecule has 0 spiro atoms. The van der Waals surface area contributed by atoms with E-state index in [1.165, 1.54) is 0 Å². The molecule has 100 valence electrons. The van der Waals surface area contributed by atoms with Gasteiger partial charge in [-0.15, -0.1) is 0 Å². The van der Waals surface area contributed by atoms with E-state index in [4.69, 9.17) is 4.74 Å². The maximum Gasteiger partial charge on any atom is 0.229 e. The van der Waals surface area contributed by atoms with Crippen molar-refractivity contribution in [3.05, 3.63) is 0 Å². The van der Waals surface area contributed by atoms with Gasteiger partial charge in [0.25, 0.3) is 0 Å². The van der Waals surface area contributed by atoms with Gasteiger partial charge in [-0.05, 0) is 19.4 Å². The Balaban J connectivity index is 2.69. The third kappa shape index (κ3) is 3.19. The van der Waals surface area contributed by atoms with Crippen molar-refractivity contribution in [2.45, 2.75) is 39.8 Å². The monoisotopic (exact) mass is 242 g/mol. The molecular weight excluding hydrogens is 216 g/mol. The summed E-state index contributed by atoms with van der Waals surface area (Å²) in [6.07, 6.45) is 0. The lowest BCUT2D eigenvalue weighted by Gasteiger charge is -2.37. The van der Waals surface area contributed by atoms with Crippen LogP contribution in [-0.4, -0.2) is 50.2 Å². The average Bonchev–Trinajstić information content (AvgIpc) is 2.72. The van der Waals surface area contributed by atoms with Crippen LogP contribution in [0.15, 0.2) is 0 Å². The zero-order valence-corrected chi connectivity index (χ0v) is 11.9. The fourth-order valence-corrected chi connectivity index (χ4v) is 2.12. The quantitative estimate of drug-likeness (QED) is 0.806. The van der Waals surface area contributed by atoms with Crippen LogP contribution < -0.4 is 5.32 Å². The van der Waals surface area contributed by atoms with Crippen molar-refractivity contribution in [1.82, 2.24) is 10.2 Å². The highest BCUT2D eigenvalue weighted by atomic mass is 16.5. The lowest BCUT2D eigenvalue weighted by molar-refractivity contribution is -0.138. The predicted molar refractivity (Wildman–Crippen MR) is 68.8 cm³/mol. The minimum Gasteiger partial charge on any atom is -0.379 e. The fraction of sp³-hybridized carbons (Fsp3) is 0.923. The predicted octanol–water partition coefficient (Wildman–Crippen LogP) is 1.11. The standard InChI is InChI=1S/C13H26N2O2/c1-9(13(2,3)4)15(6)12(16)10-7-17-8-11(10)14-5/h9-11,14H,7-8H2,1-6H3. The summed E-state index contributed by atoms with van der Waals surface area (Å²) < 4.78 is 5.39. The number of ether oxygens (including phenoxy) is 1. The number of hydrogen-bond donors (Lipinski definition) is 1. The minimum absolute atomic E-state index is 0.0465. The second-order valence-electron chi connectivity index (χ2n) is 6.03. The summed E-state index contributed by atoms with van der Waals surface area (Å²) in [5, 5.41) is 3.15. The van der Waals surface area contributed by atoms with E-state index in [9.17, 15) is 4.79 Å². The molecule has 1 saturated heterocycles. The van der Waals surface area contributed by atoms with Crippen molar-refractivity contribution in [3.63, 3.8) is 0 Å². The number of carbonyl (C=O) groups excluding carboxylic acids is 1. The fourth-order valence-electron chi connectivity index (χ4n) is 2.12. The number of nitrogens with one attached hydrogen (secondary N) is 1. The third-order valence-corrected chi connectivity index (χ3v) is 3.95. The van der Waals surface area contributed by atoms with Crippen molar-refractivity contribution < 1.29 is 9.53 Å². The highest BCUT2D eigenvalue weighted by Crippen LogP contribution is 2.25. The van der Waals surface area contributed by atoms with Crippen molar-refractivity contribution in [2.24, 2.45) is 11.3 Å². The molecule has 1 aliphatic heterocycles. The molecule has 1 rings (SSSR count). The van der Waals surface area contributed by atoms with Crippen LogP contribution in [0.25, 0.3) is 0 Å². The first-order valence-corrected chi connectivity index (χ1v) is 6.30. The molecule has 0 radical (unpaired) electrons. The molecule has 0 aromatic heterocycles. The Morgan fingerprint density at radius 2 is 2.00 bits per heavy atom. The third-order valence-electron chi connectivity index (χ3n) is 3.95. The van der Waals surface area contributed by atoms with E-state index in [0.717, 1.165) is 0 Å². The molecule has 0 aliphatic carbocycles. The molecule has 4 heteroatoms. The highest BCUT2D eigenvalue weighted by Gasteiger charge is 2.37. The molecule has 1 aliphatic rings. The Labute approximate surface area is 105 Å². The zero-order chi connectivity index (χ0) is 13.2. The van der Waals surface area contributed by atoms with Gasteiger partial charge in [0.05, 0.1) is 19.1 Å². The first-order chi connectivity index (χ1) is 7.79. The lowest BCUT2D eigenvalue weighted by atomic mass is 9.86. The Morgan fingerprint density at radius 3 is 2.47 bits per heavy atom. The van der Waals surface area contributed by atoms with Crippen molar-refractivity contribution in [1.29, 1.82) is 0 Å². The smallest absolute Gasteiger partial charge is 0.229 e. The normalized spacial score (nSPS) is 26.9. The molecule has 0 bridgehead atoms. The molecule has 1 amide bonds. The van der Waals surface area contributed by atoms with Gasteiger partial charge in [0.2, 0.25) is 5.91 Å². The van der Waals surface area contributed by atoms with Crippen molar-refractivity contribution >= 4 is 5.91 Å². The second-order valence-corrected chi connectivity index (χ2v) is 6.03. The van der Waals surface area contributed by atoms with Crippen LogP contribution in [-0.2, 0) is 9.53 Å². The molecule has 4 nitrogen and oxygen atoms in total. The van der Waals surface area contributed by atoms with Crippen LogP contribution >= 0.6 is 0 Å². The first kappa shape index (κ1) is 14.5. The summed E-state index contributed by atoms with van der Waals surface area (Å²) in [5.41, 5.74) is 0.0962. The van der Waals surface area contributed by atoms with Crippen LogP contribution in [0.1, 0.15) is 27.7 Å². The van der Waals surface area contributed by atoms with Crippen LogP contribution in [0.4, 0.5) is 0 Å². The molecule has 3 unspecified atom stereocenters. The van der Waals surface area contributed by atoms with E-state index in [2.05, 4.69) is 33.0 Å². The van der Waals surface area contributed by atoms with Gasteiger partial charge in [-0.3, -0.25) is 4.79 Å². The molecule has 0 aromatic rings. The Morgan fingerprint density at radius 1 is 1.41 bits per heavy atom. The summed E-state index contributed by atoms with van der Waals surface area (Å²) in [7, 11) is 3.77. The van der Waals surface area contributed by atoms with Crippen LogP contribution in [0.2, 0.25) is 0 Å². The summed E-state index contributed by atoms with van der Waals surface area (Å²) in [5.74, 6) is 0.138. The number of rotatable bonds is 3. The minimum atomic E-state index is -0.0465. The van der Waals surface area contributed by atoms with E-state index in [1.54, 1.807) is 0 Å². The maximum absolute atomic E-state index is 12.4. The Hall–Kier alpha value is -0.610. The summed E-state index contributed by atoms with van der Waals surface area (Å²) in [6.45, 7) is 9.73. The first-order valence-electron chi connectivity index (χ1n) is 6.30. The van der Waals surface area contributed by atoms with Gasteiger partial charge in [0.1, 0.15) is 0 Å². The highest BCUT2D eigenvalue weighted by molar-refractivity contribution is 5.80. The summed E-state index contributed by atoms with van der Waals surface area (Å²) >= 11 is 0. The number of likely N-dealkylation sites (N-methyl/N-ethyl adjacent to an activating group) is 1. The largest absolute Gasteiger partial charge is 0.379 e. The number of amides is 1. The van der Waals surface area contributed by atoms with Crippen LogP contribution in [0.5, 0.6) is 0 Å². The topological polar surface area (TPSA) is 41.6 Å². The molecule has 17 heavy (non-hydrogen) atoms. The molecule has 3 atom stereocenters. The lowest BCUT2D eigenvalue weighted by Crippen LogP contribution is -2.49. The van der Waals surface area contributed by atoms with Gasteiger partial charge in [-0.25, -0.2) is 0 Å². The van der Waals surface area contributed by atoms with Gasteiger partial charge < -0.3 is 15.0 Å². The van der Waals surface area contributed by atoms with Crippen molar-refractivity contribution in [2.75, 3.05) is 27.3 Å². The molecule has 1 N–H and O–H groups in total. The van der Waals surface area contributed by atoms with E-state index in [0.29, 0.717) is 13.2 Å². The summed E-state index contributed by atoms with van der Waals surface area (Å²) in [4.78, 5) is 14.3. The van der Waals surface area contributed by atoms with Gasteiger partial charge in [0, 0.05) is 19.1 Å².